The molecule has 0 heterocycles. The fourth-order valence-corrected chi connectivity index (χ4v) is 10.3. The van der Waals surface area contributed by atoms with E-state index in [0.717, 1.165) is 51.4 Å². The zero-order valence-corrected chi connectivity index (χ0v) is 21.9. The summed E-state index contributed by atoms with van der Waals surface area (Å²) >= 11 is 0. The molecule has 0 bridgehead atoms. The molecule has 0 spiro atoms. The van der Waals surface area contributed by atoms with Crippen molar-refractivity contribution in [2.24, 2.45) is 52.3 Å². The van der Waals surface area contributed by atoms with Crippen molar-refractivity contribution in [2.75, 3.05) is 0 Å². The molecule has 0 aromatic rings. The van der Waals surface area contributed by atoms with Gasteiger partial charge in [-0.25, -0.2) is 8.42 Å². The number of hydrogen-bond donors (Lipinski definition) is 2. The maximum Gasteiger partial charge on any atom is 0.217 e. The Balaban J connectivity index is 1.57. The van der Waals surface area contributed by atoms with Crippen LogP contribution in [0.4, 0.5) is 0 Å². The predicted octanol–water partition coefficient (Wildman–Crippen LogP) is 4.50. The third-order valence-electron chi connectivity index (χ3n) is 11.1. The quantitative estimate of drug-likeness (QED) is 0.424. The van der Waals surface area contributed by atoms with E-state index in [0.29, 0.717) is 36.0 Å². The number of aliphatic hydroxyl groups excluding tert-OH is 2. The van der Waals surface area contributed by atoms with Crippen molar-refractivity contribution in [3.05, 3.63) is 0 Å². The Kier molecular flexibility index (Phi) is 7.07. The van der Waals surface area contributed by atoms with E-state index in [1.165, 1.54) is 0 Å². The first kappa shape index (κ1) is 25.9. The number of hydrogen-bond acceptors (Lipinski definition) is 6. The van der Waals surface area contributed by atoms with Crippen LogP contribution in [0.3, 0.4) is 0 Å². The first-order valence-corrected chi connectivity index (χ1v) is 14.6. The summed E-state index contributed by atoms with van der Waals surface area (Å²) in [5, 5.41) is 22.2. The molecule has 192 valence electrons. The van der Waals surface area contributed by atoms with Crippen LogP contribution in [0.15, 0.2) is 0 Å². The molecule has 33 heavy (non-hydrogen) atoms. The molecule has 0 saturated heterocycles. The van der Waals surface area contributed by atoms with Gasteiger partial charge in [0.1, 0.15) is 0 Å². The minimum atomic E-state index is -4.69. The number of fused-ring (bicyclic) bond motifs is 5. The van der Waals surface area contributed by atoms with E-state index in [1.807, 2.05) is 0 Å². The molecule has 4 rings (SSSR count). The summed E-state index contributed by atoms with van der Waals surface area (Å²) in [6.07, 6.45) is 7.59. The number of rotatable bonds is 6. The summed E-state index contributed by atoms with van der Waals surface area (Å²) in [6.45, 7) is 10.9. The fraction of sp³-hybridized carbons (Fsp3) is 1.00. The minimum absolute atomic E-state index is 0.118. The van der Waals surface area contributed by atoms with Crippen LogP contribution in [0.25, 0.3) is 0 Å². The molecule has 4 saturated carbocycles. The van der Waals surface area contributed by atoms with Gasteiger partial charge in [0.05, 0.1) is 18.3 Å². The molecular weight excluding hydrogens is 440 g/mol. The van der Waals surface area contributed by atoms with Crippen molar-refractivity contribution in [3.8, 4) is 0 Å². The molecular formula is C26H45O6S-. The van der Waals surface area contributed by atoms with Crippen LogP contribution in [-0.4, -0.2) is 41.5 Å². The molecule has 7 heteroatoms. The van der Waals surface area contributed by atoms with Gasteiger partial charge < -0.3 is 14.8 Å². The molecule has 4 aliphatic carbocycles. The molecule has 12 atom stereocenters. The summed E-state index contributed by atoms with van der Waals surface area (Å²) in [4.78, 5) is 0. The SMILES string of the molecule is CC[C@H]1[C@@H](O)C2C3CC[C@H]([C@H](C)C[C@H](C)OS(=O)(=O)[O-])[C@@]3(C)CCC2[C@@]2(C)CC[C@@H](O)C[C@@H]12. The van der Waals surface area contributed by atoms with Crippen LogP contribution in [0.5, 0.6) is 0 Å². The van der Waals surface area contributed by atoms with Crippen LogP contribution in [-0.2, 0) is 14.6 Å². The molecule has 4 fully saturated rings. The van der Waals surface area contributed by atoms with Gasteiger partial charge in [-0.2, -0.15) is 0 Å². The van der Waals surface area contributed by atoms with E-state index in [-0.39, 0.29) is 34.9 Å². The normalized spacial score (nSPS) is 49.6. The highest BCUT2D eigenvalue weighted by atomic mass is 32.3. The van der Waals surface area contributed by atoms with Gasteiger partial charge in [0.2, 0.25) is 10.4 Å². The summed E-state index contributed by atoms with van der Waals surface area (Å²) in [5.41, 5.74) is 0.312. The highest BCUT2D eigenvalue weighted by Crippen LogP contribution is 2.69. The zero-order valence-electron chi connectivity index (χ0n) is 21.1. The standard InChI is InChI=1S/C26H46O6S/c1-6-18-22-14-17(27)9-11-26(22,5)21-10-12-25(4)19(7-8-20(25)23(21)24(18)28)15(2)13-16(3)32-33(29,30)31/h15-24,27-28H,6-14H2,1-5H3,(H,29,30,31)/p-1/t15-,16+,17-,18-,19-,20?,21?,22+,23?,24-,25-,26-/m1/s1. The summed E-state index contributed by atoms with van der Waals surface area (Å²) in [6, 6.07) is 0. The van der Waals surface area contributed by atoms with Crippen molar-refractivity contribution in [1.29, 1.82) is 0 Å². The Morgan fingerprint density at radius 3 is 2.27 bits per heavy atom. The van der Waals surface area contributed by atoms with Crippen LogP contribution in [0.1, 0.15) is 92.4 Å². The second kappa shape index (κ2) is 9.02. The van der Waals surface area contributed by atoms with E-state index in [2.05, 4.69) is 27.7 Å². The molecule has 2 N–H and O–H groups in total. The van der Waals surface area contributed by atoms with Gasteiger partial charge in [-0.1, -0.05) is 34.1 Å². The van der Waals surface area contributed by atoms with E-state index < -0.39 is 16.5 Å². The maximum absolute atomic E-state index is 11.8. The van der Waals surface area contributed by atoms with Crippen LogP contribution in [0, 0.1) is 52.3 Å². The predicted molar refractivity (Wildman–Crippen MR) is 126 cm³/mol. The largest absolute Gasteiger partial charge is 0.726 e. The molecule has 3 unspecified atom stereocenters. The highest BCUT2D eigenvalue weighted by molar-refractivity contribution is 7.80. The third kappa shape index (κ3) is 4.43. The Labute approximate surface area is 200 Å². The lowest BCUT2D eigenvalue weighted by atomic mass is 9.41. The smallest absolute Gasteiger partial charge is 0.217 e. The maximum atomic E-state index is 11.8. The van der Waals surface area contributed by atoms with Crippen molar-refractivity contribution in [3.63, 3.8) is 0 Å². The molecule has 0 aliphatic heterocycles. The lowest BCUT2D eigenvalue weighted by Crippen LogP contribution is -2.62. The number of aliphatic hydroxyl groups is 2. The highest BCUT2D eigenvalue weighted by Gasteiger charge is 2.64. The van der Waals surface area contributed by atoms with Gasteiger partial charge in [0, 0.05) is 0 Å². The Hall–Kier alpha value is -0.210. The lowest BCUT2D eigenvalue weighted by molar-refractivity contribution is -0.203. The van der Waals surface area contributed by atoms with Crippen LogP contribution < -0.4 is 0 Å². The Morgan fingerprint density at radius 1 is 1.00 bits per heavy atom. The van der Waals surface area contributed by atoms with Gasteiger partial charge in [0.25, 0.3) is 0 Å². The molecule has 0 aromatic carbocycles. The summed E-state index contributed by atoms with van der Waals surface area (Å²) in [7, 11) is -4.69. The van der Waals surface area contributed by atoms with Crippen molar-refractivity contribution < 1.29 is 27.4 Å². The molecule has 0 radical (unpaired) electrons. The first-order chi connectivity index (χ1) is 15.3. The molecule has 0 aromatic heterocycles. The van der Waals surface area contributed by atoms with Crippen molar-refractivity contribution in [1.82, 2.24) is 0 Å². The first-order valence-electron chi connectivity index (χ1n) is 13.3. The van der Waals surface area contributed by atoms with E-state index in [4.69, 9.17) is 4.18 Å². The van der Waals surface area contributed by atoms with Crippen molar-refractivity contribution >= 4 is 10.4 Å². The van der Waals surface area contributed by atoms with E-state index >= 15 is 0 Å². The van der Waals surface area contributed by atoms with E-state index in [1.54, 1.807) is 6.92 Å². The average molecular weight is 486 g/mol. The van der Waals surface area contributed by atoms with Gasteiger partial charge in [-0.15, -0.1) is 0 Å². The van der Waals surface area contributed by atoms with Gasteiger partial charge >= 0.3 is 0 Å². The Bertz CT molecular complexity index is 816. The van der Waals surface area contributed by atoms with Crippen molar-refractivity contribution in [2.45, 2.75) is 111 Å². The van der Waals surface area contributed by atoms with Crippen LogP contribution >= 0.6 is 0 Å². The van der Waals surface area contributed by atoms with Crippen LogP contribution in [0.2, 0.25) is 0 Å². The third-order valence-corrected chi connectivity index (χ3v) is 11.7. The lowest BCUT2D eigenvalue weighted by Gasteiger charge is -2.64. The zero-order chi connectivity index (χ0) is 24.3. The monoisotopic (exact) mass is 485 g/mol. The summed E-state index contributed by atoms with van der Waals surface area (Å²) < 4.78 is 37.8. The molecule has 0 amide bonds. The summed E-state index contributed by atoms with van der Waals surface area (Å²) in [5.74, 6) is 2.62. The molecule has 6 nitrogen and oxygen atoms in total. The Morgan fingerprint density at radius 2 is 1.64 bits per heavy atom. The fourth-order valence-electron chi connectivity index (χ4n) is 9.86. The van der Waals surface area contributed by atoms with Gasteiger partial charge in [-0.05, 0) is 111 Å². The van der Waals surface area contributed by atoms with Gasteiger partial charge in [0.15, 0.2) is 0 Å². The molecule has 4 aliphatic rings. The second-order valence-corrected chi connectivity index (χ2v) is 13.7. The van der Waals surface area contributed by atoms with E-state index in [9.17, 15) is 23.2 Å². The average Bonchev–Trinajstić information content (AvgIpc) is 3.05. The second-order valence-electron chi connectivity index (χ2n) is 12.6. The topological polar surface area (TPSA) is 107 Å². The minimum Gasteiger partial charge on any atom is -0.726 e. The van der Waals surface area contributed by atoms with Gasteiger partial charge in [-0.3, -0.25) is 4.18 Å².